The van der Waals surface area contributed by atoms with E-state index < -0.39 is 11.6 Å². The molecule has 0 spiro atoms. The molecule has 1 aromatic carbocycles. The zero-order valence-electron chi connectivity index (χ0n) is 10.6. The molecule has 0 amide bonds. The maximum Gasteiger partial charge on any atom is 0.201 e. The van der Waals surface area contributed by atoms with Crippen molar-refractivity contribution >= 4 is 17.0 Å². The molecule has 102 valence electrons. The summed E-state index contributed by atoms with van der Waals surface area (Å²) in [5.74, 6) is -0.818. The topological polar surface area (TPSA) is 53.1 Å². The highest BCUT2D eigenvalue weighted by atomic mass is 19.1. The van der Waals surface area contributed by atoms with Crippen LogP contribution in [-0.2, 0) is 4.74 Å². The first-order valence-corrected chi connectivity index (χ1v) is 6.28. The van der Waals surface area contributed by atoms with Crippen molar-refractivity contribution in [2.75, 3.05) is 18.9 Å². The van der Waals surface area contributed by atoms with Crippen molar-refractivity contribution in [2.45, 2.75) is 19.4 Å². The first kappa shape index (κ1) is 12.3. The predicted molar refractivity (Wildman–Crippen MR) is 67.7 cm³/mol. The van der Waals surface area contributed by atoms with Gasteiger partial charge >= 0.3 is 0 Å². The number of hydrogen-bond donors (Lipinski definition) is 1. The summed E-state index contributed by atoms with van der Waals surface area (Å²) in [6.45, 7) is 3.32. The van der Waals surface area contributed by atoms with Crippen molar-refractivity contribution in [2.24, 2.45) is 5.92 Å². The van der Waals surface area contributed by atoms with E-state index in [1.807, 2.05) is 6.92 Å². The van der Waals surface area contributed by atoms with Gasteiger partial charge in [0.1, 0.15) is 11.3 Å². The molecule has 3 rings (SSSR count). The molecular weight excluding hydrogens is 252 g/mol. The summed E-state index contributed by atoms with van der Waals surface area (Å²) < 4.78 is 34.1. The molecule has 2 unspecified atom stereocenters. The van der Waals surface area contributed by atoms with Crippen molar-refractivity contribution in [1.29, 1.82) is 0 Å². The van der Waals surface area contributed by atoms with Crippen LogP contribution in [0.3, 0.4) is 0 Å². The van der Waals surface area contributed by atoms with Crippen LogP contribution in [-0.4, -0.2) is 22.8 Å². The Balaban J connectivity index is 2.14. The second-order valence-corrected chi connectivity index (χ2v) is 4.96. The molecule has 2 N–H and O–H groups in total. The third kappa shape index (κ3) is 1.96. The largest absolute Gasteiger partial charge is 0.381 e. The maximum atomic E-state index is 13.7. The highest BCUT2D eigenvalue weighted by molar-refractivity contribution is 5.79. The van der Waals surface area contributed by atoms with Gasteiger partial charge in [0.25, 0.3) is 0 Å². The lowest BCUT2D eigenvalue weighted by molar-refractivity contribution is 0.176. The summed E-state index contributed by atoms with van der Waals surface area (Å²) in [7, 11) is 0. The van der Waals surface area contributed by atoms with Gasteiger partial charge in [-0.2, -0.15) is 0 Å². The number of fused-ring (bicyclic) bond motifs is 1. The predicted octanol–water partition coefficient (Wildman–Crippen LogP) is 2.49. The smallest absolute Gasteiger partial charge is 0.201 e. The molecular formula is C13H15F2N3O. The Morgan fingerprint density at radius 1 is 1.47 bits per heavy atom. The van der Waals surface area contributed by atoms with E-state index in [0.29, 0.717) is 18.7 Å². The summed E-state index contributed by atoms with van der Waals surface area (Å²) in [5.41, 5.74) is 6.38. The molecule has 0 aliphatic carbocycles. The minimum absolute atomic E-state index is 0.00583. The first-order valence-electron chi connectivity index (χ1n) is 6.28. The molecule has 0 bridgehead atoms. The third-order valence-corrected chi connectivity index (χ3v) is 3.80. The number of ether oxygens (including phenoxy) is 1. The van der Waals surface area contributed by atoms with Crippen LogP contribution in [0.2, 0.25) is 0 Å². The minimum atomic E-state index is -0.685. The van der Waals surface area contributed by atoms with Crippen LogP contribution in [0, 0.1) is 17.6 Å². The van der Waals surface area contributed by atoms with Crippen LogP contribution in [0.5, 0.6) is 0 Å². The number of hydrogen-bond acceptors (Lipinski definition) is 3. The quantitative estimate of drug-likeness (QED) is 0.909. The molecule has 6 heteroatoms. The molecule has 0 radical (unpaired) electrons. The van der Waals surface area contributed by atoms with Crippen LogP contribution >= 0.6 is 0 Å². The van der Waals surface area contributed by atoms with Crippen molar-refractivity contribution in [3.05, 3.63) is 23.8 Å². The lowest BCUT2D eigenvalue weighted by atomic mass is 10.0. The average Bonchev–Trinajstić information content (AvgIpc) is 2.95. The Morgan fingerprint density at radius 2 is 2.26 bits per heavy atom. The lowest BCUT2D eigenvalue weighted by Crippen LogP contribution is -2.18. The zero-order chi connectivity index (χ0) is 13.6. The minimum Gasteiger partial charge on any atom is -0.381 e. The Hall–Kier alpha value is -1.69. The van der Waals surface area contributed by atoms with Crippen molar-refractivity contribution in [3.63, 3.8) is 0 Å². The SMILES string of the molecule is CC(C1CCOC1)n1c(N)nc2c(F)cc(F)cc21. The van der Waals surface area contributed by atoms with Gasteiger partial charge in [0.05, 0.1) is 12.1 Å². The van der Waals surface area contributed by atoms with Crippen LogP contribution in [0.15, 0.2) is 12.1 Å². The molecule has 1 saturated heterocycles. The third-order valence-electron chi connectivity index (χ3n) is 3.80. The van der Waals surface area contributed by atoms with Gasteiger partial charge in [-0.1, -0.05) is 0 Å². The molecule has 1 aliphatic heterocycles. The fraction of sp³-hybridized carbons (Fsp3) is 0.462. The normalized spacial score (nSPS) is 21.1. The molecule has 4 nitrogen and oxygen atoms in total. The van der Waals surface area contributed by atoms with Crippen LogP contribution < -0.4 is 5.73 Å². The maximum absolute atomic E-state index is 13.7. The highest BCUT2D eigenvalue weighted by Gasteiger charge is 2.27. The van der Waals surface area contributed by atoms with Crippen LogP contribution in [0.1, 0.15) is 19.4 Å². The van der Waals surface area contributed by atoms with E-state index in [4.69, 9.17) is 10.5 Å². The van der Waals surface area contributed by atoms with Crippen molar-refractivity contribution in [3.8, 4) is 0 Å². The fourth-order valence-corrected chi connectivity index (χ4v) is 2.71. The van der Waals surface area contributed by atoms with Gasteiger partial charge in [0.15, 0.2) is 5.82 Å². The molecule has 1 aromatic heterocycles. The number of halogens is 2. The zero-order valence-corrected chi connectivity index (χ0v) is 10.6. The summed E-state index contributed by atoms with van der Waals surface area (Å²) in [4.78, 5) is 4.00. The fourth-order valence-electron chi connectivity index (χ4n) is 2.71. The van der Waals surface area contributed by atoms with Crippen molar-refractivity contribution < 1.29 is 13.5 Å². The first-order chi connectivity index (χ1) is 9.08. The van der Waals surface area contributed by atoms with E-state index in [1.54, 1.807) is 4.57 Å². The molecule has 2 heterocycles. The number of nitrogens with two attached hydrogens (primary N) is 1. The Labute approximate surface area is 109 Å². The van der Waals surface area contributed by atoms with Gasteiger partial charge in [0.2, 0.25) is 5.95 Å². The number of nitrogen functional groups attached to an aromatic ring is 1. The van der Waals surface area contributed by atoms with Gasteiger partial charge in [-0.25, -0.2) is 13.8 Å². The Morgan fingerprint density at radius 3 is 2.95 bits per heavy atom. The van der Waals surface area contributed by atoms with E-state index in [0.717, 1.165) is 12.5 Å². The molecule has 1 fully saturated rings. The molecule has 2 aromatic rings. The molecule has 19 heavy (non-hydrogen) atoms. The summed E-state index contributed by atoms with van der Waals surface area (Å²) in [5, 5.41) is 0. The van der Waals surface area contributed by atoms with Gasteiger partial charge in [-0.15, -0.1) is 0 Å². The van der Waals surface area contributed by atoms with E-state index in [9.17, 15) is 8.78 Å². The Bertz CT molecular complexity index is 620. The monoisotopic (exact) mass is 267 g/mol. The van der Waals surface area contributed by atoms with Gasteiger partial charge in [0, 0.05) is 30.7 Å². The number of benzene rings is 1. The van der Waals surface area contributed by atoms with Crippen LogP contribution in [0.25, 0.3) is 11.0 Å². The van der Waals surface area contributed by atoms with E-state index >= 15 is 0 Å². The highest BCUT2D eigenvalue weighted by Crippen LogP contribution is 2.32. The summed E-state index contributed by atoms with van der Waals surface area (Å²) in [6.07, 6.45) is 0.915. The molecule has 2 atom stereocenters. The summed E-state index contributed by atoms with van der Waals surface area (Å²) in [6, 6.07) is 2.09. The van der Waals surface area contributed by atoms with Crippen LogP contribution in [0.4, 0.5) is 14.7 Å². The number of nitrogens with zero attached hydrogens (tertiary/aromatic N) is 2. The molecule has 0 saturated carbocycles. The van der Waals surface area contributed by atoms with Crippen molar-refractivity contribution in [1.82, 2.24) is 9.55 Å². The number of aromatic nitrogens is 2. The number of anilines is 1. The van der Waals surface area contributed by atoms with E-state index in [2.05, 4.69) is 4.98 Å². The Kier molecular flexibility index (Phi) is 2.89. The van der Waals surface area contributed by atoms with E-state index in [-0.39, 0.29) is 23.4 Å². The van der Waals surface area contributed by atoms with Gasteiger partial charge in [-0.05, 0) is 13.3 Å². The van der Waals surface area contributed by atoms with E-state index in [1.165, 1.54) is 6.07 Å². The standard InChI is InChI=1S/C13H15F2N3O/c1-7(8-2-3-19-6-8)18-11-5-9(14)4-10(15)12(11)17-13(18)16/h4-5,7-8H,2-3,6H2,1H3,(H2,16,17). The molecule has 1 aliphatic rings. The number of imidazole rings is 1. The second kappa shape index (κ2) is 4.45. The average molecular weight is 267 g/mol. The van der Waals surface area contributed by atoms with Gasteiger partial charge < -0.3 is 15.0 Å². The lowest BCUT2D eigenvalue weighted by Gasteiger charge is -2.21. The summed E-state index contributed by atoms with van der Waals surface area (Å²) >= 11 is 0. The second-order valence-electron chi connectivity index (χ2n) is 4.96. The number of rotatable bonds is 2. The van der Waals surface area contributed by atoms with Gasteiger partial charge in [-0.3, -0.25) is 0 Å².